The summed E-state index contributed by atoms with van der Waals surface area (Å²) in [6.07, 6.45) is 0. The van der Waals surface area contributed by atoms with Crippen LogP contribution in [-0.2, 0) is 10.0 Å². The van der Waals surface area contributed by atoms with Crippen LogP contribution in [0, 0.1) is 0 Å². The van der Waals surface area contributed by atoms with Gasteiger partial charge in [0.25, 0.3) is 0 Å². The van der Waals surface area contributed by atoms with Gasteiger partial charge in [0, 0.05) is 5.54 Å². The third kappa shape index (κ3) is 1.68. The Morgan fingerprint density at radius 2 is 1.69 bits per heavy atom. The molecule has 16 heavy (non-hydrogen) atoms. The van der Waals surface area contributed by atoms with Gasteiger partial charge in [-0.1, -0.05) is 30.3 Å². The molecule has 3 nitrogen and oxygen atoms in total. The first kappa shape index (κ1) is 11.4. The molecule has 4 heteroatoms. The molecule has 1 heterocycles. The molecule has 0 saturated heterocycles. The Kier molecular flexibility index (Phi) is 2.44. The molecule has 0 fully saturated rings. The average molecular weight is 237 g/mol. The molecular formula is C12H15NO2S. The molecule has 1 N–H and O–H groups in total. The quantitative estimate of drug-likeness (QED) is 0.813. The zero-order chi connectivity index (χ0) is 12.0. The van der Waals surface area contributed by atoms with Crippen LogP contribution in [0.4, 0.5) is 0 Å². The number of hydrogen-bond acceptors (Lipinski definition) is 2. The number of benzene rings is 1. The fourth-order valence-corrected chi connectivity index (χ4v) is 3.94. The van der Waals surface area contributed by atoms with Crippen molar-refractivity contribution in [2.24, 2.45) is 0 Å². The first-order valence-corrected chi connectivity index (χ1v) is 6.64. The number of hydrogen-bond donors (Lipinski definition) is 1. The molecule has 86 valence electrons. The second-order valence-electron chi connectivity index (χ2n) is 4.55. The Morgan fingerprint density at radius 1 is 1.12 bits per heavy atom. The maximum atomic E-state index is 12.0. The fraction of sp³-hybridized carbons (Fsp3) is 0.333. The highest BCUT2D eigenvalue weighted by Gasteiger charge is 2.40. The molecule has 0 spiro atoms. The molecule has 0 atom stereocenters. The van der Waals surface area contributed by atoms with E-state index in [1.165, 1.54) is 0 Å². The molecule has 1 aliphatic rings. The van der Waals surface area contributed by atoms with Crippen molar-refractivity contribution in [3.05, 3.63) is 41.5 Å². The van der Waals surface area contributed by atoms with Crippen LogP contribution in [0.15, 0.2) is 35.9 Å². The van der Waals surface area contributed by atoms with Crippen LogP contribution in [0.5, 0.6) is 0 Å². The lowest BCUT2D eigenvalue weighted by Gasteiger charge is -2.18. The van der Waals surface area contributed by atoms with Crippen molar-refractivity contribution >= 4 is 14.9 Å². The Bertz CT molecular complexity index is 542. The Balaban J connectivity index is 2.68. The van der Waals surface area contributed by atoms with E-state index in [1.54, 1.807) is 0 Å². The van der Waals surface area contributed by atoms with E-state index in [0.29, 0.717) is 4.91 Å². The van der Waals surface area contributed by atoms with Crippen molar-refractivity contribution in [3.63, 3.8) is 0 Å². The maximum absolute atomic E-state index is 12.0. The minimum atomic E-state index is -3.37. The SMILES string of the molecule is CC1=C(c2ccccc2)S(=O)(=O)NC1(C)C. The molecule has 0 aliphatic carbocycles. The van der Waals surface area contributed by atoms with Gasteiger partial charge in [-0.15, -0.1) is 0 Å². The minimum Gasteiger partial charge on any atom is -0.207 e. The predicted molar refractivity (Wildman–Crippen MR) is 65.2 cm³/mol. The van der Waals surface area contributed by atoms with Gasteiger partial charge in [0.2, 0.25) is 10.0 Å². The Hall–Kier alpha value is -1.13. The van der Waals surface area contributed by atoms with Crippen LogP contribution < -0.4 is 4.72 Å². The largest absolute Gasteiger partial charge is 0.241 e. The average Bonchev–Trinajstić information content (AvgIpc) is 2.33. The number of nitrogens with one attached hydrogen (secondary N) is 1. The molecule has 0 aromatic heterocycles. The Morgan fingerprint density at radius 3 is 2.12 bits per heavy atom. The van der Waals surface area contributed by atoms with Gasteiger partial charge in [-0.05, 0) is 31.9 Å². The summed E-state index contributed by atoms with van der Waals surface area (Å²) in [4.78, 5) is 0.415. The topological polar surface area (TPSA) is 46.2 Å². The van der Waals surface area contributed by atoms with Gasteiger partial charge in [0.1, 0.15) is 0 Å². The third-order valence-electron chi connectivity index (χ3n) is 2.97. The van der Waals surface area contributed by atoms with Crippen molar-refractivity contribution in [2.45, 2.75) is 26.3 Å². The van der Waals surface area contributed by atoms with E-state index < -0.39 is 15.6 Å². The molecule has 0 unspecified atom stereocenters. The maximum Gasteiger partial charge on any atom is 0.241 e. The van der Waals surface area contributed by atoms with Gasteiger partial charge in [-0.3, -0.25) is 0 Å². The van der Waals surface area contributed by atoms with Crippen molar-refractivity contribution in [1.82, 2.24) is 4.72 Å². The van der Waals surface area contributed by atoms with Gasteiger partial charge in [0.05, 0.1) is 4.91 Å². The Labute approximate surface area is 96.2 Å². The highest BCUT2D eigenvalue weighted by Crippen LogP contribution is 2.36. The van der Waals surface area contributed by atoms with Gasteiger partial charge in [-0.2, -0.15) is 0 Å². The summed E-state index contributed by atoms with van der Waals surface area (Å²) in [6.45, 7) is 5.60. The van der Waals surface area contributed by atoms with Gasteiger partial charge in [-0.25, -0.2) is 13.1 Å². The summed E-state index contributed by atoms with van der Waals surface area (Å²) in [5.41, 5.74) is 1.11. The first-order valence-electron chi connectivity index (χ1n) is 5.15. The van der Waals surface area contributed by atoms with Gasteiger partial charge in [0.15, 0.2) is 0 Å². The van der Waals surface area contributed by atoms with E-state index in [4.69, 9.17) is 0 Å². The van der Waals surface area contributed by atoms with E-state index >= 15 is 0 Å². The fourth-order valence-electron chi connectivity index (χ4n) is 1.91. The summed E-state index contributed by atoms with van der Waals surface area (Å²) in [6, 6.07) is 9.20. The predicted octanol–water partition coefficient (Wildman–Crippen LogP) is 2.13. The minimum absolute atomic E-state index is 0.415. The smallest absolute Gasteiger partial charge is 0.207 e. The summed E-state index contributed by atoms with van der Waals surface area (Å²) in [5.74, 6) is 0. The monoisotopic (exact) mass is 237 g/mol. The lowest BCUT2D eigenvalue weighted by atomic mass is 9.95. The normalized spacial score (nSPS) is 22.4. The van der Waals surface area contributed by atoms with Crippen LogP contribution >= 0.6 is 0 Å². The summed E-state index contributed by atoms with van der Waals surface area (Å²) in [5, 5.41) is 0. The van der Waals surface area contributed by atoms with Crippen molar-refractivity contribution in [2.75, 3.05) is 0 Å². The van der Waals surface area contributed by atoms with Crippen molar-refractivity contribution < 1.29 is 8.42 Å². The molecule has 0 amide bonds. The molecule has 1 aliphatic heterocycles. The van der Waals surface area contributed by atoms with Crippen LogP contribution in [0.1, 0.15) is 26.3 Å². The van der Waals surface area contributed by atoms with Crippen molar-refractivity contribution in [1.29, 1.82) is 0 Å². The molecule has 1 aromatic rings. The molecule has 1 aromatic carbocycles. The number of rotatable bonds is 1. The van der Waals surface area contributed by atoms with Crippen LogP contribution in [0.3, 0.4) is 0 Å². The van der Waals surface area contributed by atoms with Gasteiger partial charge >= 0.3 is 0 Å². The highest BCUT2D eigenvalue weighted by atomic mass is 32.2. The lowest BCUT2D eigenvalue weighted by molar-refractivity contribution is 0.533. The van der Waals surface area contributed by atoms with E-state index in [1.807, 2.05) is 51.1 Å². The van der Waals surface area contributed by atoms with E-state index in [-0.39, 0.29) is 0 Å². The van der Waals surface area contributed by atoms with Crippen LogP contribution in [-0.4, -0.2) is 14.0 Å². The molecule has 0 bridgehead atoms. The summed E-state index contributed by atoms with van der Waals surface area (Å²) >= 11 is 0. The first-order chi connectivity index (χ1) is 7.34. The van der Waals surface area contributed by atoms with Crippen LogP contribution in [0.25, 0.3) is 4.91 Å². The second-order valence-corrected chi connectivity index (χ2v) is 6.17. The van der Waals surface area contributed by atoms with E-state index in [2.05, 4.69) is 4.72 Å². The number of sulfonamides is 1. The highest BCUT2D eigenvalue weighted by molar-refractivity contribution is 7.99. The van der Waals surface area contributed by atoms with E-state index in [9.17, 15) is 8.42 Å². The lowest BCUT2D eigenvalue weighted by Crippen LogP contribution is -2.37. The standard InChI is InChI=1S/C12H15NO2S/c1-9-11(10-7-5-4-6-8-10)16(14,15)13-12(9,2)3/h4-8,13H,1-3H3. The zero-order valence-corrected chi connectivity index (χ0v) is 10.4. The summed E-state index contributed by atoms with van der Waals surface area (Å²) < 4.78 is 26.7. The van der Waals surface area contributed by atoms with Gasteiger partial charge < -0.3 is 0 Å². The summed E-state index contributed by atoms with van der Waals surface area (Å²) in [7, 11) is -3.37. The molecule has 0 radical (unpaired) electrons. The van der Waals surface area contributed by atoms with Crippen molar-refractivity contribution in [3.8, 4) is 0 Å². The molecular weight excluding hydrogens is 222 g/mol. The second kappa shape index (κ2) is 3.43. The molecule has 2 rings (SSSR count). The van der Waals surface area contributed by atoms with Crippen LogP contribution in [0.2, 0.25) is 0 Å². The molecule has 0 saturated carbocycles. The zero-order valence-electron chi connectivity index (χ0n) is 9.61. The van der Waals surface area contributed by atoms with E-state index in [0.717, 1.165) is 11.1 Å². The third-order valence-corrected chi connectivity index (χ3v) is 4.83.